The van der Waals surface area contributed by atoms with E-state index in [1.54, 1.807) is 0 Å². The van der Waals surface area contributed by atoms with Crippen molar-refractivity contribution in [1.29, 1.82) is 0 Å². The van der Waals surface area contributed by atoms with E-state index in [0.717, 1.165) is 34.1 Å². The molecule has 0 heterocycles. The molecule has 0 saturated carbocycles. The topological polar surface area (TPSA) is 6.48 Å². The molecule has 2 aliphatic rings. The molecule has 0 amide bonds. The van der Waals surface area contributed by atoms with Crippen molar-refractivity contribution in [2.24, 2.45) is 0 Å². The molecule has 1 unspecified atom stereocenters. The highest BCUT2D eigenvalue weighted by Gasteiger charge is 2.52. The Morgan fingerprint density at radius 2 is 0.738 bits per heavy atom. The van der Waals surface area contributed by atoms with Crippen molar-refractivity contribution in [1.82, 2.24) is 0 Å². The fourth-order valence-corrected chi connectivity index (χ4v) is 10.3. The Bertz CT molecular complexity index is 3210. The van der Waals surface area contributed by atoms with Crippen LogP contribution in [0.25, 0.3) is 44.2 Å². The molecule has 2 heteroatoms. The number of benzene rings is 10. The second-order valence-electron chi connectivity index (χ2n) is 16.0. The van der Waals surface area contributed by atoms with Gasteiger partial charge in [-0.15, -0.1) is 0 Å². The molecule has 12 rings (SSSR count). The van der Waals surface area contributed by atoms with E-state index in [4.69, 9.17) is 0 Å². The summed E-state index contributed by atoms with van der Waals surface area (Å²) >= 11 is 0. The number of nitrogens with zero attached hydrogens (tertiary/aromatic N) is 2. The molecule has 1 spiro atoms. The molecule has 61 heavy (non-hydrogen) atoms. The molecule has 10 aromatic rings. The van der Waals surface area contributed by atoms with Gasteiger partial charge in [-0.2, -0.15) is 0 Å². The first-order valence-electron chi connectivity index (χ1n) is 21.1. The lowest BCUT2D eigenvalue weighted by Crippen LogP contribution is -2.26. The van der Waals surface area contributed by atoms with Crippen LogP contribution in [0.4, 0.5) is 34.1 Å². The Labute approximate surface area is 356 Å². The zero-order chi connectivity index (χ0) is 40.3. The van der Waals surface area contributed by atoms with Crippen LogP contribution in [0, 0.1) is 0 Å². The second-order valence-corrected chi connectivity index (χ2v) is 16.0. The molecule has 1 atom stereocenters. The summed E-state index contributed by atoms with van der Waals surface area (Å²) in [5.74, 6) is 0. The lowest BCUT2D eigenvalue weighted by atomic mass is 9.70. The monoisotopic (exact) mass is 776 g/mol. The van der Waals surface area contributed by atoms with Gasteiger partial charge in [0.05, 0.1) is 11.1 Å². The van der Waals surface area contributed by atoms with E-state index in [2.05, 4.69) is 252 Å². The molecule has 0 aromatic heterocycles. The predicted molar refractivity (Wildman–Crippen MR) is 255 cm³/mol. The maximum Gasteiger partial charge on any atom is 0.0727 e. The fourth-order valence-electron chi connectivity index (χ4n) is 10.3. The minimum Gasteiger partial charge on any atom is -0.310 e. The van der Waals surface area contributed by atoms with Crippen LogP contribution >= 0.6 is 0 Å². The van der Waals surface area contributed by atoms with Crippen molar-refractivity contribution in [2.45, 2.75) is 5.41 Å². The lowest BCUT2D eigenvalue weighted by Gasteiger charge is -2.34. The summed E-state index contributed by atoms with van der Waals surface area (Å²) in [6.07, 6.45) is 0. The zero-order valence-corrected chi connectivity index (χ0v) is 33.5. The van der Waals surface area contributed by atoms with Gasteiger partial charge in [-0.1, -0.05) is 176 Å². The van der Waals surface area contributed by atoms with E-state index in [9.17, 15) is 0 Å². The summed E-state index contributed by atoms with van der Waals surface area (Å²) in [6, 6.07) is 89.0. The van der Waals surface area contributed by atoms with Gasteiger partial charge in [0.1, 0.15) is 0 Å². The Hall–Kier alpha value is -7.94. The second kappa shape index (κ2) is 14.1. The predicted octanol–water partition coefficient (Wildman–Crippen LogP) is 15.8. The summed E-state index contributed by atoms with van der Waals surface area (Å²) in [6.45, 7) is 0. The van der Waals surface area contributed by atoms with Crippen LogP contribution in [0.5, 0.6) is 0 Å². The largest absolute Gasteiger partial charge is 0.310 e. The van der Waals surface area contributed by atoms with Crippen molar-refractivity contribution in [3.63, 3.8) is 0 Å². The lowest BCUT2D eigenvalue weighted by molar-refractivity contribution is 0.794. The van der Waals surface area contributed by atoms with Gasteiger partial charge in [0.2, 0.25) is 0 Å². The average molecular weight is 777 g/mol. The third kappa shape index (κ3) is 5.36. The molecule has 0 bridgehead atoms. The summed E-state index contributed by atoms with van der Waals surface area (Å²) in [5, 5.41) is 2.46. The smallest absolute Gasteiger partial charge is 0.0727 e. The van der Waals surface area contributed by atoms with E-state index in [1.165, 1.54) is 66.4 Å². The van der Waals surface area contributed by atoms with Gasteiger partial charge in [-0.3, -0.25) is 0 Å². The number of para-hydroxylation sites is 3. The number of hydrogen-bond donors (Lipinski definition) is 0. The first-order valence-corrected chi connectivity index (χ1v) is 21.1. The standard InChI is InChI=1S/C59H40N2/c1-5-20-41(21-6-1)42-22-19-29-46(38-42)61(45-27-11-4-12-28-45)57-40-56-58(51-32-14-13-31-50(51)57)52-33-16-18-35-54(52)59(56)53-34-17-15-30-48(53)49-37-36-47(39-55(49)59)60(43-23-7-2-8-24-43)44-25-9-3-10-26-44/h1-40H. The maximum absolute atomic E-state index is 2.53. The number of anilines is 6. The van der Waals surface area contributed by atoms with E-state index in [1.807, 2.05) is 0 Å². The third-order valence-electron chi connectivity index (χ3n) is 12.8. The highest BCUT2D eigenvalue weighted by Crippen LogP contribution is 2.65. The van der Waals surface area contributed by atoms with Crippen LogP contribution in [-0.2, 0) is 5.41 Å². The minimum absolute atomic E-state index is 0.583. The van der Waals surface area contributed by atoms with Crippen molar-refractivity contribution >= 4 is 44.9 Å². The van der Waals surface area contributed by atoms with Gasteiger partial charge in [0.15, 0.2) is 0 Å². The van der Waals surface area contributed by atoms with E-state index in [-0.39, 0.29) is 0 Å². The summed E-state index contributed by atoms with van der Waals surface area (Å²) < 4.78 is 0. The molecular formula is C59H40N2. The quantitative estimate of drug-likeness (QED) is 0.159. The molecule has 10 aromatic carbocycles. The molecule has 286 valence electrons. The molecule has 0 radical (unpaired) electrons. The molecule has 2 aliphatic carbocycles. The Morgan fingerprint density at radius 3 is 1.41 bits per heavy atom. The molecule has 0 saturated heterocycles. The normalized spacial score (nSPS) is 14.3. The number of rotatable bonds is 7. The Kier molecular flexibility index (Phi) is 8.11. The molecule has 0 N–H and O–H groups in total. The molecule has 0 fully saturated rings. The van der Waals surface area contributed by atoms with Gasteiger partial charge in [0, 0.05) is 33.8 Å². The average Bonchev–Trinajstić information content (AvgIpc) is 3.80. The van der Waals surface area contributed by atoms with Gasteiger partial charge < -0.3 is 9.80 Å². The van der Waals surface area contributed by atoms with Crippen LogP contribution in [0.3, 0.4) is 0 Å². The molecule has 2 nitrogen and oxygen atoms in total. The van der Waals surface area contributed by atoms with E-state index < -0.39 is 5.41 Å². The Morgan fingerprint density at radius 1 is 0.262 bits per heavy atom. The van der Waals surface area contributed by atoms with Gasteiger partial charge in [-0.25, -0.2) is 0 Å². The van der Waals surface area contributed by atoms with Crippen LogP contribution < -0.4 is 9.80 Å². The van der Waals surface area contributed by atoms with Crippen molar-refractivity contribution in [3.8, 4) is 33.4 Å². The number of fused-ring (bicyclic) bond motifs is 12. The fraction of sp³-hybridized carbons (Fsp3) is 0.0169. The van der Waals surface area contributed by atoms with Crippen molar-refractivity contribution in [2.75, 3.05) is 9.80 Å². The van der Waals surface area contributed by atoms with E-state index in [0.29, 0.717) is 0 Å². The minimum atomic E-state index is -0.583. The van der Waals surface area contributed by atoms with E-state index >= 15 is 0 Å². The SMILES string of the molecule is c1ccc(-c2cccc(N(c3ccccc3)c3cc4c(c5ccccc35)-c3ccccc3C43c4ccccc4-c4ccc(N(c5ccccc5)c5ccccc5)cc43)c2)cc1. The van der Waals surface area contributed by atoms with Crippen LogP contribution in [-0.4, -0.2) is 0 Å². The Balaban J connectivity index is 1.17. The first kappa shape index (κ1) is 35.0. The molecular weight excluding hydrogens is 737 g/mol. The molecule has 0 aliphatic heterocycles. The number of hydrogen-bond acceptors (Lipinski definition) is 2. The zero-order valence-electron chi connectivity index (χ0n) is 33.5. The van der Waals surface area contributed by atoms with Crippen molar-refractivity contribution in [3.05, 3.63) is 265 Å². The van der Waals surface area contributed by atoms with Crippen molar-refractivity contribution < 1.29 is 0 Å². The van der Waals surface area contributed by atoms with Crippen LogP contribution in [0.15, 0.2) is 243 Å². The van der Waals surface area contributed by atoms with Crippen LogP contribution in [0.1, 0.15) is 22.3 Å². The third-order valence-corrected chi connectivity index (χ3v) is 12.8. The highest BCUT2D eigenvalue weighted by molar-refractivity contribution is 6.12. The summed E-state index contributed by atoms with van der Waals surface area (Å²) in [7, 11) is 0. The first-order chi connectivity index (χ1) is 30.3. The van der Waals surface area contributed by atoms with Gasteiger partial charge in [-0.05, 0) is 128 Å². The van der Waals surface area contributed by atoms with Crippen LogP contribution in [0.2, 0.25) is 0 Å². The summed E-state index contributed by atoms with van der Waals surface area (Å²) in [4.78, 5) is 4.86. The highest BCUT2D eigenvalue weighted by atomic mass is 15.1. The maximum atomic E-state index is 2.53. The summed E-state index contributed by atoms with van der Waals surface area (Å²) in [5.41, 5.74) is 18.9. The van der Waals surface area contributed by atoms with Gasteiger partial charge >= 0.3 is 0 Å². The van der Waals surface area contributed by atoms with Gasteiger partial charge in [0.25, 0.3) is 0 Å².